The van der Waals surface area contributed by atoms with E-state index < -0.39 is 0 Å². The summed E-state index contributed by atoms with van der Waals surface area (Å²) in [5, 5.41) is 7.92. The van der Waals surface area contributed by atoms with E-state index in [0.717, 1.165) is 5.92 Å². The van der Waals surface area contributed by atoms with Crippen LogP contribution in [0, 0.1) is 22.6 Å². The van der Waals surface area contributed by atoms with E-state index in [1.165, 1.54) is 36.0 Å². The summed E-state index contributed by atoms with van der Waals surface area (Å²) in [6, 6.07) is 3.43. The van der Waals surface area contributed by atoms with Gasteiger partial charge in [0.05, 0.1) is 6.20 Å². The molecule has 4 nitrogen and oxygen atoms in total. The fourth-order valence-electron chi connectivity index (χ4n) is 4.71. The predicted octanol–water partition coefficient (Wildman–Crippen LogP) is 3.50. The van der Waals surface area contributed by atoms with Crippen molar-refractivity contribution < 1.29 is 4.39 Å². The fraction of sp³-hybridized carbons (Fsp3) is 0.625. The first kappa shape index (κ1) is 13.0. The van der Waals surface area contributed by atoms with Crippen LogP contribution in [0.25, 0.3) is 5.65 Å². The first-order valence-corrected chi connectivity index (χ1v) is 7.67. The molecule has 2 heterocycles. The molecule has 0 radical (unpaired) electrons. The lowest BCUT2D eigenvalue weighted by Crippen LogP contribution is -2.46. The van der Waals surface area contributed by atoms with E-state index in [1.807, 2.05) is 0 Å². The minimum absolute atomic E-state index is 0.246. The van der Waals surface area contributed by atoms with Crippen molar-refractivity contribution >= 4 is 11.6 Å². The summed E-state index contributed by atoms with van der Waals surface area (Å²) in [4.78, 5) is 4.47. The number of anilines is 1. The Morgan fingerprint density at radius 1 is 1.33 bits per heavy atom. The van der Waals surface area contributed by atoms with E-state index in [2.05, 4.69) is 36.2 Å². The van der Waals surface area contributed by atoms with E-state index in [1.54, 1.807) is 6.07 Å². The van der Waals surface area contributed by atoms with Crippen LogP contribution < -0.4 is 5.32 Å². The van der Waals surface area contributed by atoms with Gasteiger partial charge in [-0.3, -0.25) is 0 Å². The standard InChI is InChI=1S/C16H21FN4/c1-15(2)10-6-7-16(3,8-10)13(15)19-14-18-12-5-4-11(17)9-21(12)20-14/h4-5,9-10,13H,6-8H2,1-3H3,(H,19,20). The summed E-state index contributed by atoms with van der Waals surface area (Å²) in [6.07, 6.45) is 5.23. The molecule has 2 aromatic heterocycles. The zero-order valence-corrected chi connectivity index (χ0v) is 12.7. The van der Waals surface area contributed by atoms with Crippen LogP contribution in [-0.2, 0) is 0 Å². The number of pyridine rings is 1. The van der Waals surface area contributed by atoms with Crippen molar-refractivity contribution in [2.75, 3.05) is 5.32 Å². The Morgan fingerprint density at radius 2 is 2.14 bits per heavy atom. The first-order chi connectivity index (χ1) is 9.88. The Labute approximate surface area is 123 Å². The molecule has 3 atom stereocenters. The molecule has 2 fully saturated rings. The molecule has 2 bridgehead atoms. The highest BCUT2D eigenvalue weighted by molar-refractivity contribution is 5.44. The summed E-state index contributed by atoms with van der Waals surface area (Å²) in [6.45, 7) is 7.05. The Balaban J connectivity index is 1.68. The molecule has 4 rings (SSSR count). The molecule has 2 saturated carbocycles. The molecule has 0 spiro atoms. The molecule has 2 aromatic rings. The number of halogens is 1. The smallest absolute Gasteiger partial charge is 0.243 e. The summed E-state index contributed by atoms with van der Waals surface area (Å²) in [5.74, 6) is 1.08. The topological polar surface area (TPSA) is 42.2 Å². The first-order valence-electron chi connectivity index (χ1n) is 7.67. The van der Waals surface area contributed by atoms with Gasteiger partial charge in [0.15, 0.2) is 5.65 Å². The van der Waals surface area contributed by atoms with Gasteiger partial charge in [-0.25, -0.2) is 8.91 Å². The molecule has 0 saturated heterocycles. The van der Waals surface area contributed by atoms with Crippen molar-refractivity contribution in [2.24, 2.45) is 16.7 Å². The van der Waals surface area contributed by atoms with Gasteiger partial charge in [0.1, 0.15) is 5.82 Å². The lowest BCUT2D eigenvalue weighted by Gasteiger charge is -2.42. The zero-order chi connectivity index (χ0) is 14.8. The SMILES string of the molecule is CC12CCC(C1)C(C)(C)C2Nc1nc2ccc(F)cn2n1. The quantitative estimate of drug-likeness (QED) is 0.919. The van der Waals surface area contributed by atoms with Crippen LogP contribution in [0.4, 0.5) is 10.3 Å². The lowest BCUT2D eigenvalue weighted by molar-refractivity contribution is 0.155. The molecule has 1 N–H and O–H groups in total. The monoisotopic (exact) mass is 288 g/mol. The molecule has 21 heavy (non-hydrogen) atoms. The van der Waals surface area contributed by atoms with Crippen molar-refractivity contribution in [1.82, 2.24) is 14.6 Å². The zero-order valence-electron chi connectivity index (χ0n) is 12.7. The van der Waals surface area contributed by atoms with E-state index in [0.29, 0.717) is 23.1 Å². The van der Waals surface area contributed by atoms with Crippen LogP contribution in [0.15, 0.2) is 18.3 Å². The molecule has 2 aliphatic rings. The minimum atomic E-state index is -0.300. The number of rotatable bonds is 2. The molecule has 0 aromatic carbocycles. The van der Waals surface area contributed by atoms with Crippen LogP contribution in [0.3, 0.4) is 0 Å². The molecule has 2 aliphatic carbocycles. The molecular weight excluding hydrogens is 267 g/mol. The van der Waals surface area contributed by atoms with E-state index in [9.17, 15) is 4.39 Å². The fourth-order valence-corrected chi connectivity index (χ4v) is 4.71. The van der Waals surface area contributed by atoms with Crippen molar-refractivity contribution in [3.63, 3.8) is 0 Å². The third kappa shape index (κ3) is 1.79. The van der Waals surface area contributed by atoms with E-state index >= 15 is 0 Å². The maximum absolute atomic E-state index is 13.2. The van der Waals surface area contributed by atoms with Crippen LogP contribution in [-0.4, -0.2) is 20.6 Å². The summed E-state index contributed by atoms with van der Waals surface area (Å²) >= 11 is 0. The second-order valence-corrected chi connectivity index (χ2v) is 7.58. The molecule has 5 heteroatoms. The number of nitrogens with zero attached hydrogens (tertiary/aromatic N) is 3. The van der Waals surface area contributed by atoms with Crippen LogP contribution in [0.2, 0.25) is 0 Å². The number of hydrogen-bond acceptors (Lipinski definition) is 3. The summed E-state index contributed by atoms with van der Waals surface area (Å²) in [5.41, 5.74) is 1.23. The third-order valence-electron chi connectivity index (χ3n) is 5.84. The van der Waals surface area contributed by atoms with Crippen molar-refractivity contribution in [3.8, 4) is 0 Å². The van der Waals surface area contributed by atoms with Gasteiger partial charge in [0.2, 0.25) is 5.95 Å². The van der Waals surface area contributed by atoms with Crippen LogP contribution in [0.5, 0.6) is 0 Å². The van der Waals surface area contributed by atoms with Crippen molar-refractivity contribution in [1.29, 1.82) is 0 Å². The van der Waals surface area contributed by atoms with Gasteiger partial charge < -0.3 is 5.32 Å². The maximum atomic E-state index is 13.2. The van der Waals surface area contributed by atoms with Gasteiger partial charge in [-0.2, -0.15) is 4.98 Å². The molecule has 0 aliphatic heterocycles. The lowest BCUT2D eigenvalue weighted by atomic mass is 9.68. The van der Waals surface area contributed by atoms with Gasteiger partial charge in [-0.15, -0.1) is 5.10 Å². The average Bonchev–Trinajstić information content (AvgIpc) is 3.03. The van der Waals surface area contributed by atoms with Gasteiger partial charge in [0.25, 0.3) is 0 Å². The normalized spacial score (nSPS) is 33.7. The highest BCUT2D eigenvalue weighted by Gasteiger charge is 2.59. The highest BCUT2D eigenvalue weighted by Crippen LogP contribution is 2.62. The second-order valence-electron chi connectivity index (χ2n) is 7.58. The minimum Gasteiger partial charge on any atom is -0.349 e. The highest BCUT2D eigenvalue weighted by atomic mass is 19.1. The van der Waals surface area contributed by atoms with Gasteiger partial charge >= 0.3 is 0 Å². The van der Waals surface area contributed by atoms with Crippen molar-refractivity contribution in [3.05, 3.63) is 24.1 Å². The third-order valence-corrected chi connectivity index (χ3v) is 5.84. The van der Waals surface area contributed by atoms with Gasteiger partial charge in [-0.1, -0.05) is 20.8 Å². The van der Waals surface area contributed by atoms with E-state index in [4.69, 9.17) is 0 Å². The Bertz CT molecular complexity index is 703. The Kier molecular flexibility index (Phi) is 2.46. The van der Waals surface area contributed by atoms with Crippen LogP contribution >= 0.6 is 0 Å². The van der Waals surface area contributed by atoms with E-state index in [-0.39, 0.29) is 11.2 Å². The largest absolute Gasteiger partial charge is 0.349 e. The summed E-state index contributed by atoms with van der Waals surface area (Å²) < 4.78 is 14.7. The number of nitrogens with one attached hydrogen (secondary N) is 1. The Morgan fingerprint density at radius 3 is 2.86 bits per heavy atom. The number of hydrogen-bond donors (Lipinski definition) is 1. The number of fused-ring (bicyclic) bond motifs is 3. The van der Waals surface area contributed by atoms with Gasteiger partial charge in [0, 0.05) is 6.04 Å². The average molecular weight is 288 g/mol. The van der Waals surface area contributed by atoms with Gasteiger partial charge in [-0.05, 0) is 48.1 Å². The second kappa shape index (κ2) is 3.96. The molecule has 112 valence electrons. The Hall–Kier alpha value is -1.65. The van der Waals surface area contributed by atoms with Crippen molar-refractivity contribution in [2.45, 2.75) is 46.1 Å². The maximum Gasteiger partial charge on any atom is 0.243 e. The molecular formula is C16H21FN4. The summed E-state index contributed by atoms with van der Waals surface area (Å²) in [7, 11) is 0. The predicted molar refractivity (Wildman–Crippen MR) is 79.6 cm³/mol. The molecule has 0 amide bonds. The molecule has 3 unspecified atom stereocenters. The number of aromatic nitrogens is 3. The van der Waals surface area contributed by atoms with Crippen LogP contribution in [0.1, 0.15) is 40.0 Å².